The van der Waals surface area contributed by atoms with Gasteiger partial charge in [0.15, 0.2) is 0 Å². The molecule has 0 saturated carbocycles. The van der Waals surface area contributed by atoms with Crippen LogP contribution in [-0.2, 0) is 13.1 Å². The Kier molecular flexibility index (Phi) is 6.31. The van der Waals surface area contributed by atoms with Crippen molar-refractivity contribution in [2.75, 3.05) is 19.6 Å². The molecule has 1 N–H and O–H groups in total. The van der Waals surface area contributed by atoms with Gasteiger partial charge in [0.1, 0.15) is 11.5 Å². The summed E-state index contributed by atoms with van der Waals surface area (Å²) in [6.45, 7) is 14.3. The standard InChI is InChI=1S/C18H32N2O/c1-5-16-7-6-8-20(12-16)13-17-9-18(21-15(17)4)11-19-10-14(2)3/h9,14,16,19H,5-8,10-13H2,1-4H3. The molecule has 0 spiro atoms. The summed E-state index contributed by atoms with van der Waals surface area (Å²) in [5.74, 6) is 3.74. The first-order valence-corrected chi connectivity index (χ1v) is 8.59. The average Bonchev–Trinajstić information content (AvgIpc) is 2.79. The molecule has 120 valence electrons. The largest absolute Gasteiger partial charge is 0.465 e. The van der Waals surface area contributed by atoms with Crippen LogP contribution in [0.25, 0.3) is 0 Å². The van der Waals surface area contributed by atoms with Gasteiger partial charge in [0.05, 0.1) is 6.54 Å². The molecule has 0 radical (unpaired) electrons. The van der Waals surface area contributed by atoms with E-state index in [1.807, 2.05) is 0 Å². The second kappa shape index (κ2) is 8.00. The highest BCUT2D eigenvalue weighted by molar-refractivity contribution is 5.20. The van der Waals surface area contributed by atoms with E-state index >= 15 is 0 Å². The number of hydrogen-bond acceptors (Lipinski definition) is 3. The predicted molar refractivity (Wildman–Crippen MR) is 88.3 cm³/mol. The molecule has 1 saturated heterocycles. The molecule has 1 aromatic rings. The first-order valence-electron chi connectivity index (χ1n) is 8.59. The molecule has 1 fully saturated rings. The number of likely N-dealkylation sites (tertiary alicyclic amines) is 1. The van der Waals surface area contributed by atoms with Gasteiger partial charge in [0, 0.05) is 18.7 Å². The molecule has 1 atom stereocenters. The Labute approximate surface area is 130 Å². The lowest BCUT2D eigenvalue weighted by atomic mass is 9.95. The van der Waals surface area contributed by atoms with Crippen LogP contribution in [-0.4, -0.2) is 24.5 Å². The lowest BCUT2D eigenvalue weighted by Gasteiger charge is -2.32. The second-order valence-electron chi connectivity index (χ2n) is 6.97. The van der Waals surface area contributed by atoms with Crippen molar-refractivity contribution in [1.82, 2.24) is 10.2 Å². The van der Waals surface area contributed by atoms with Crippen molar-refractivity contribution < 1.29 is 4.42 Å². The monoisotopic (exact) mass is 292 g/mol. The second-order valence-corrected chi connectivity index (χ2v) is 6.97. The predicted octanol–water partition coefficient (Wildman–Crippen LogP) is 3.96. The molecule has 2 rings (SSSR count). The number of aryl methyl sites for hydroxylation is 1. The van der Waals surface area contributed by atoms with Gasteiger partial charge in [-0.15, -0.1) is 0 Å². The number of furan rings is 1. The summed E-state index contributed by atoms with van der Waals surface area (Å²) in [6.07, 6.45) is 4.06. The Hall–Kier alpha value is -0.800. The Morgan fingerprint density at radius 1 is 1.43 bits per heavy atom. The Morgan fingerprint density at radius 3 is 2.95 bits per heavy atom. The Morgan fingerprint density at radius 2 is 2.24 bits per heavy atom. The highest BCUT2D eigenvalue weighted by Gasteiger charge is 2.20. The quantitative estimate of drug-likeness (QED) is 0.824. The fourth-order valence-electron chi connectivity index (χ4n) is 3.18. The van der Waals surface area contributed by atoms with Crippen molar-refractivity contribution in [3.8, 4) is 0 Å². The van der Waals surface area contributed by atoms with Crippen LogP contribution < -0.4 is 5.32 Å². The minimum Gasteiger partial charge on any atom is -0.465 e. The first-order chi connectivity index (χ1) is 10.1. The summed E-state index contributed by atoms with van der Waals surface area (Å²) in [5, 5.41) is 3.45. The van der Waals surface area contributed by atoms with Crippen molar-refractivity contribution in [3.05, 3.63) is 23.2 Å². The Balaban J connectivity index is 1.86. The van der Waals surface area contributed by atoms with Gasteiger partial charge < -0.3 is 9.73 Å². The highest BCUT2D eigenvalue weighted by Crippen LogP contribution is 2.23. The minimum atomic E-state index is 0.680. The van der Waals surface area contributed by atoms with Gasteiger partial charge in [-0.1, -0.05) is 27.2 Å². The molecule has 0 amide bonds. The molecule has 0 aliphatic carbocycles. The SMILES string of the molecule is CCC1CCCN(Cc2cc(CNCC(C)C)oc2C)C1. The molecule has 1 aliphatic rings. The van der Waals surface area contributed by atoms with Crippen LogP contribution in [0.1, 0.15) is 57.1 Å². The number of nitrogens with one attached hydrogen (secondary N) is 1. The average molecular weight is 292 g/mol. The van der Waals surface area contributed by atoms with Crippen molar-refractivity contribution in [3.63, 3.8) is 0 Å². The maximum Gasteiger partial charge on any atom is 0.118 e. The van der Waals surface area contributed by atoms with Crippen molar-refractivity contribution in [1.29, 1.82) is 0 Å². The lowest BCUT2D eigenvalue weighted by Crippen LogP contribution is -2.34. The highest BCUT2D eigenvalue weighted by atomic mass is 16.3. The summed E-state index contributed by atoms with van der Waals surface area (Å²) in [4.78, 5) is 2.60. The van der Waals surface area contributed by atoms with E-state index < -0.39 is 0 Å². The fraction of sp³-hybridized carbons (Fsp3) is 0.778. The topological polar surface area (TPSA) is 28.4 Å². The van der Waals surface area contributed by atoms with Crippen LogP contribution >= 0.6 is 0 Å². The van der Waals surface area contributed by atoms with Gasteiger partial charge >= 0.3 is 0 Å². The van der Waals surface area contributed by atoms with Crippen molar-refractivity contribution in [2.45, 2.75) is 60.0 Å². The number of piperidine rings is 1. The lowest BCUT2D eigenvalue weighted by molar-refractivity contribution is 0.164. The normalized spacial score (nSPS) is 20.3. The molecule has 1 aromatic heterocycles. The maximum atomic E-state index is 5.90. The number of hydrogen-bond donors (Lipinski definition) is 1. The minimum absolute atomic E-state index is 0.680. The molecule has 1 unspecified atom stereocenters. The summed E-state index contributed by atoms with van der Waals surface area (Å²) in [5.41, 5.74) is 1.37. The first kappa shape index (κ1) is 16.6. The van der Waals surface area contributed by atoms with Crippen LogP contribution in [0.15, 0.2) is 10.5 Å². The molecule has 0 aromatic carbocycles. The third-order valence-electron chi connectivity index (χ3n) is 4.50. The molecular formula is C18H32N2O. The zero-order valence-corrected chi connectivity index (χ0v) is 14.2. The van der Waals surface area contributed by atoms with Gasteiger partial charge in [0.2, 0.25) is 0 Å². The third kappa shape index (κ3) is 5.15. The number of rotatable bonds is 7. The van der Waals surface area contributed by atoms with Gasteiger partial charge in [0.25, 0.3) is 0 Å². The summed E-state index contributed by atoms with van der Waals surface area (Å²) in [7, 11) is 0. The third-order valence-corrected chi connectivity index (χ3v) is 4.50. The van der Waals surface area contributed by atoms with E-state index in [1.54, 1.807) is 0 Å². The van der Waals surface area contributed by atoms with Crippen LogP contribution in [0.3, 0.4) is 0 Å². The van der Waals surface area contributed by atoms with E-state index in [1.165, 1.54) is 37.9 Å². The van der Waals surface area contributed by atoms with Crippen LogP contribution in [0, 0.1) is 18.8 Å². The Bertz CT molecular complexity index is 425. The van der Waals surface area contributed by atoms with Crippen LogP contribution in [0.4, 0.5) is 0 Å². The summed E-state index contributed by atoms with van der Waals surface area (Å²) >= 11 is 0. The fourth-order valence-corrected chi connectivity index (χ4v) is 3.18. The maximum absolute atomic E-state index is 5.90. The summed E-state index contributed by atoms with van der Waals surface area (Å²) < 4.78 is 5.90. The molecule has 21 heavy (non-hydrogen) atoms. The van der Waals surface area contributed by atoms with Gasteiger partial charge in [-0.25, -0.2) is 0 Å². The van der Waals surface area contributed by atoms with Crippen molar-refractivity contribution in [2.24, 2.45) is 11.8 Å². The van der Waals surface area contributed by atoms with Crippen LogP contribution in [0.2, 0.25) is 0 Å². The number of nitrogens with zero attached hydrogens (tertiary/aromatic N) is 1. The molecule has 2 heterocycles. The van der Waals surface area contributed by atoms with E-state index in [9.17, 15) is 0 Å². The zero-order chi connectivity index (χ0) is 15.2. The molecular weight excluding hydrogens is 260 g/mol. The van der Waals surface area contributed by atoms with E-state index in [0.29, 0.717) is 5.92 Å². The van der Waals surface area contributed by atoms with Gasteiger partial charge in [-0.05, 0) is 50.8 Å². The van der Waals surface area contributed by atoms with E-state index in [4.69, 9.17) is 4.42 Å². The van der Waals surface area contributed by atoms with Crippen molar-refractivity contribution >= 4 is 0 Å². The van der Waals surface area contributed by atoms with E-state index in [0.717, 1.165) is 37.1 Å². The zero-order valence-electron chi connectivity index (χ0n) is 14.2. The molecule has 3 heteroatoms. The van der Waals surface area contributed by atoms with Gasteiger partial charge in [-0.2, -0.15) is 0 Å². The smallest absolute Gasteiger partial charge is 0.118 e. The molecule has 3 nitrogen and oxygen atoms in total. The van der Waals surface area contributed by atoms with E-state index in [2.05, 4.69) is 44.0 Å². The van der Waals surface area contributed by atoms with Crippen LogP contribution in [0.5, 0.6) is 0 Å². The van der Waals surface area contributed by atoms with E-state index in [-0.39, 0.29) is 0 Å². The molecule has 1 aliphatic heterocycles. The summed E-state index contributed by atoms with van der Waals surface area (Å²) in [6, 6.07) is 2.25. The van der Waals surface area contributed by atoms with Gasteiger partial charge in [-0.3, -0.25) is 4.90 Å². The molecule has 0 bridgehead atoms.